The molecule has 0 atom stereocenters. The second-order valence-electron chi connectivity index (χ2n) is 6.87. The lowest BCUT2D eigenvalue weighted by Crippen LogP contribution is -2.41. The van der Waals surface area contributed by atoms with Gasteiger partial charge in [0.05, 0.1) is 6.54 Å². The standard InChI is InChI=1S/C19H6F13NO5/c20-10-7(11(21)13(23)9(12(10)22)17(24,25)26)4-33(15(36)18(27,28)29)5-1-2-8(6(3-5)14(34)35)38-16(37)19(30,31)32/h1-3H,4H2,(H,34,35). The Hall–Kier alpha value is -4.06. The molecule has 0 aliphatic rings. The van der Waals surface area contributed by atoms with Crippen molar-refractivity contribution in [3.05, 3.63) is 58.2 Å². The van der Waals surface area contributed by atoms with Crippen LogP contribution in [0.25, 0.3) is 0 Å². The van der Waals surface area contributed by atoms with Gasteiger partial charge in [0, 0.05) is 11.3 Å². The van der Waals surface area contributed by atoms with Crippen LogP contribution in [0.15, 0.2) is 18.2 Å². The topological polar surface area (TPSA) is 83.9 Å². The number of carbonyl (C=O) groups excluding carboxylic acids is 2. The first-order valence-electron chi connectivity index (χ1n) is 9.06. The van der Waals surface area contributed by atoms with Crippen molar-refractivity contribution in [2.24, 2.45) is 0 Å². The number of carboxylic acids is 1. The predicted octanol–water partition coefficient (Wildman–Crippen LogP) is 5.52. The molecule has 0 bridgehead atoms. The number of anilines is 1. The Morgan fingerprint density at radius 2 is 1.29 bits per heavy atom. The monoisotopic (exact) mass is 575 g/mol. The van der Waals surface area contributed by atoms with Crippen LogP contribution in [-0.2, 0) is 22.3 Å². The van der Waals surface area contributed by atoms with Crippen LogP contribution < -0.4 is 9.64 Å². The summed E-state index contributed by atoms with van der Waals surface area (Å²) in [6.45, 7) is -2.21. The fourth-order valence-corrected chi connectivity index (χ4v) is 2.76. The van der Waals surface area contributed by atoms with Gasteiger partial charge in [-0.05, 0) is 18.2 Å². The van der Waals surface area contributed by atoms with Gasteiger partial charge in [0.1, 0.15) is 16.9 Å². The Labute approximate surface area is 199 Å². The van der Waals surface area contributed by atoms with Gasteiger partial charge in [-0.2, -0.15) is 39.5 Å². The van der Waals surface area contributed by atoms with E-state index in [2.05, 4.69) is 4.74 Å². The molecule has 0 saturated carbocycles. The molecular weight excluding hydrogens is 569 g/mol. The van der Waals surface area contributed by atoms with E-state index >= 15 is 0 Å². The third kappa shape index (κ3) is 6.08. The van der Waals surface area contributed by atoms with Crippen molar-refractivity contribution in [2.75, 3.05) is 4.90 Å². The first kappa shape index (κ1) is 30.2. The van der Waals surface area contributed by atoms with Crippen molar-refractivity contribution in [3.63, 3.8) is 0 Å². The number of benzene rings is 2. The van der Waals surface area contributed by atoms with Crippen LogP contribution in [0.4, 0.5) is 62.8 Å². The summed E-state index contributed by atoms with van der Waals surface area (Å²) in [6.07, 6.45) is -17.7. The maximum Gasteiger partial charge on any atom is 0.491 e. The smallest absolute Gasteiger partial charge is 0.478 e. The lowest BCUT2D eigenvalue weighted by atomic mass is 10.1. The van der Waals surface area contributed by atoms with Crippen LogP contribution >= 0.6 is 0 Å². The largest absolute Gasteiger partial charge is 0.491 e. The molecule has 0 unspecified atom stereocenters. The number of halogens is 13. The maximum absolute atomic E-state index is 14.2. The number of carboxylic acid groups (broad SMARTS) is 1. The van der Waals surface area contributed by atoms with Crippen LogP contribution in [0.1, 0.15) is 21.5 Å². The molecular formula is C19H6F13NO5. The van der Waals surface area contributed by atoms with Gasteiger partial charge in [0.15, 0.2) is 23.3 Å². The highest BCUT2D eigenvalue weighted by Crippen LogP contribution is 2.38. The quantitative estimate of drug-likeness (QED) is 0.220. The summed E-state index contributed by atoms with van der Waals surface area (Å²) >= 11 is 0. The summed E-state index contributed by atoms with van der Waals surface area (Å²) in [6, 6.07) is 0.221. The van der Waals surface area contributed by atoms with Crippen molar-refractivity contribution in [3.8, 4) is 5.75 Å². The number of rotatable bonds is 5. The fourth-order valence-electron chi connectivity index (χ4n) is 2.76. The Morgan fingerprint density at radius 3 is 1.68 bits per heavy atom. The van der Waals surface area contributed by atoms with Crippen LogP contribution in [-0.4, -0.2) is 35.3 Å². The van der Waals surface area contributed by atoms with E-state index in [1.807, 2.05) is 0 Å². The van der Waals surface area contributed by atoms with E-state index in [0.717, 1.165) is 0 Å². The number of nitrogens with zero attached hydrogens (tertiary/aromatic N) is 1. The zero-order valence-corrected chi connectivity index (χ0v) is 17.4. The van der Waals surface area contributed by atoms with Crippen molar-refractivity contribution >= 4 is 23.5 Å². The molecule has 208 valence electrons. The second kappa shape index (κ2) is 10.0. The highest BCUT2D eigenvalue weighted by Gasteiger charge is 2.46. The third-order valence-electron chi connectivity index (χ3n) is 4.38. The molecule has 6 nitrogen and oxygen atoms in total. The Balaban J connectivity index is 2.73. The minimum Gasteiger partial charge on any atom is -0.478 e. The van der Waals surface area contributed by atoms with Crippen molar-refractivity contribution in [1.82, 2.24) is 0 Å². The van der Waals surface area contributed by atoms with Crippen LogP contribution in [0.5, 0.6) is 5.75 Å². The number of amides is 1. The summed E-state index contributed by atoms with van der Waals surface area (Å²) in [7, 11) is 0. The van der Waals surface area contributed by atoms with Crippen LogP contribution in [0.2, 0.25) is 0 Å². The molecule has 0 radical (unpaired) electrons. The van der Waals surface area contributed by atoms with Gasteiger partial charge in [-0.25, -0.2) is 27.2 Å². The van der Waals surface area contributed by atoms with Gasteiger partial charge in [-0.15, -0.1) is 0 Å². The van der Waals surface area contributed by atoms with E-state index in [9.17, 15) is 71.5 Å². The molecule has 0 saturated heterocycles. The van der Waals surface area contributed by atoms with Crippen molar-refractivity contribution in [1.29, 1.82) is 0 Å². The van der Waals surface area contributed by atoms with Crippen molar-refractivity contribution < 1.29 is 81.3 Å². The number of aromatic carboxylic acids is 1. The molecule has 1 amide bonds. The summed E-state index contributed by atoms with van der Waals surface area (Å²) < 4.78 is 175. The number of hydrogen-bond donors (Lipinski definition) is 1. The van der Waals surface area contributed by atoms with E-state index in [1.54, 1.807) is 0 Å². The molecule has 1 N–H and O–H groups in total. The Morgan fingerprint density at radius 1 is 0.789 bits per heavy atom. The zero-order valence-electron chi connectivity index (χ0n) is 17.4. The number of esters is 1. The highest BCUT2D eigenvalue weighted by atomic mass is 19.4. The molecule has 2 aromatic rings. The summed E-state index contributed by atoms with van der Waals surface area (Å²) in [5.41, 5.74) is -8.16. The van der Waals surface area contributed by atoms with Gasteiger partial charge < -0.3 is 9.84 Å². The lowest BCUT2D eigenvalue weighted by Gasteiger charge is -2.25. The highest BCUT2D eigenvalue weighted by molar-refractivity contribution is 6.00. The number of alkyl halides is 9. The van der Waals surface area contributed by atoms with E-state index < -0.39 is 99.2 Å². The molecule has 0 fully saturated rings. The number of carbonyl (C=O) groups is 3. The van der Waals surface area contributed by atoms with E-state index in [0.29, 0.717) is 0 Å². The summed E-state index contributed by atoms with van der Waals surface area (Å²) in [5.74, 6) is -21.7. The normalized spacial score (nSPS) is 12.3. The molecule has 0 aromatic heterocycles. The van der Waals surface area contributed by atoms with Gasteiger partial charge >= 0.3 is 36.4 Å². The average Bonchev–Trinajstić information content (AvgIpc) is 2.75. The summed E-state index contributed by atoms with van der Waals surface area (Å²) in [5, 5.41) is 9.12. The summed E-state index contributed by atoms with van der Waals surface area (Å²) in [4.78, 5) is 33.4. The molecule has 0 aliphatic heterocycles. The van der Waals surface area contributed by atoms with Gasteiger partial charge in [-0.1, -0.05) is 0 Å². The molecule has 0 heterocycles. The molecule has 19 heteroatoms. The first-order valence-corrected chi connectivity index (χ1v) is 9.06. The SMILES string of the molecule is O=C(O)c1cc(N(Cc2c(F)c(F)c(C(F)(F)F)c(F)c2F)C(=O)C(F)(F)F)ccc1OC(=O)C(F)(F)F. The Bertz CT molecular complexity index is 1270. The second-order valence-corrected chi connectivity index (χ2v) is 6.87. The van der Waals surface area contributed by atoms with Crippen molar-refractivity contribution in [2.45, 2.75) is 25.1 Å². The van der Waals surface area contributed by atoms with Gasteiger partial charge in [0.25, 0.3) is 0 Å². The third-order valence-corrected chi connectivity index (χ3v) is 4.38. The predicted molar refractivity (Wildman–Crippen MR) is 93.6 cm³/mol. The fraction of sp³-hybridized carbons (Fsp3) is 0.211. The lowest BCUT2D eigenvalue weighted by molar-refractivity contribution is -0.189. The van der Waals surface area contributed by atoms with Gasteiger partial charge in [0.2, 0.25) is 0 Å². The first-order chi connectivity index (χ1) is 17.1. The minimum atomic E-state index is -6.02. The van der Waals surface area contributed by atoms with E-state index in [-0.39, 0.29) is 18.2 Å². The van der Waals surface area contributed by atoms with E-state index in [4.69, 9.17) is 5.11 Å². The number of ether oxygens (including phenoxy) is 1. The van der Waals surface area contributed by atoms with Crippen LogP contribution in [0, 0.1) is 23.3 Å². The number of hydrogen-bond acceptors (Lipinski definition) is 4. The Kier molecular flexibility index (Phi) is 7.95. The maximum atomic E-state index is 14.2. The molecule has 0 spiro atoms. The molecule has 2 aromatic carbocycles. The molecule has 38 heavy (non-hydrogen) atoms. The molecule has 0 aliphatic carbocycles. The average molecular weight is 575 g/mol. The zero-order chi connectivity index (χ0) is 29.5. The minimum absolute atomic E-state index is 0.0580. The van der Waals surface area contributed by atoms with Gasteiger partial charge in [-0.3, -0.25) is 9.69 Å². The van der Waals surface area contributed by atoms with E-state index in [1.165, 1.54) is 0 Å². The van der Waals surface area contributed by atoms with Crippen LogP contribution in [0.3, 0.4) is 0 Å². The molecule has 2 rings (SSSR count).